The normalized spacial score (nSPS) is 12.2. The summed E-state index contributed by atoms with van der Waals surface area (Å²) in [5.74, 6) is -0.0276. The number of rotatable bonds is 7. The van der Waals surface area contributed by atoms with E-state index in [0.29, 0.717) is 18.5 Å². The van der Waals surface area contributed by atoms with Gasteiger partial charge in [-0.3, -0.25) is 4.79 Å². The van der Waals surface area contributed by atoms with Crippen LogP contribution in [0, 0.1) is 12.7 Å². The van der Waals surface area contributed by atoms with Gasteiger partial charge in [-0.05, 0) is 44.9 Å². The second-order valence-electron chi connectivity index (χ2n) is 5.00. The molecule has 20 heavy (non-hydrogen) atoms. The second-order valence-corrected chi connectivity index (χ2v) is 5.00. The van der Waals surface area contributed by atoms with E-state index in [1.807, 2.05) is 31.7 Å². The molecule has 1 aromatic carbocycles. The molecule has 4 heteroatoms. The molecule has 0 heterocycles. The van der Waals surface area contributed by atoms with Crippen LogP contribution in [0.25, 0.3) is 0 Å². The number of amides is 1. The van der Waals surface area contributed by atoms with Crippen molar-refractivity contribution in [1.82, 2.24) is 10.2 Å². The summed E-state index contributed by atoms with van der Waals surface area (Å²) in [7, 11) is 0. The van der Waals surface area contributed by atoms with E-state index >= 15 is 0 Å². The molecular weight excluding hydrogens is 255 g/mol. The average molecular weight is 280 g/mol. The van der Waals surface area contributed by atoms with Crippen LogP contribution in [0.3, 0.4) is 0 Å². The van der Waals surface area contributed by atoms with Crippen LogP contribution >= 0.6 is 0 Å². The number of hydrogen-bond donors (Lipinski definition) is 1. The number of carbonyl (C=O) groups is 1. The van der Waals surface area contributed by atoms with Gasteiger partial charge in [0.1, 0.15) is 5.82 Å². The lowest BCUT2D eigenvalue weighted by atomic mass is 10.1. The molecule has 0 aliphatic rings. The predicted octanol–water partition coefficient (Wildman–Crippen LogP) is 3.04. The number of halogens is 1. The van der Waals surface area contributed by atoms with Crippen molar-refractivity contribution in [3.63, 3.8) is 0 Å². The van der Waals surface area contributed by atoms with Crippen molar-refractivity contribution in [3.05, 3.63) is 35.1 Å². The predicted molar refractivity (Wildman–Crippen MR) is 80.1 cm³/mol. The first-order valence-electron chi connectivity index (χ1n) is 7.26. The number of aryl methyl sites for hydroxylation is 1. The van der Waals surface area contributed by atoms with Crippen LogP contribution in [0.15, 0.2) is 18.2 Å². The van der Waals surface area contributed by atoms with Crippen molar-refractivity contribution in [1.29, 1.82) is 0 Å². The van der Waals surface area contributed by atoms with Crippen LogP contribution in [0.5, 0.6) is 0 Å². The van der Waals surface area contributed by atoms with Crippen LogP contribution < -0.4 is 5.32 Å². The molecule has 0 saturated heterocycles. The van der Waals surface area contributed by atoms with Crippen molar-refractivity contribution < 1.29 is 9.18 Å². The minimum absolute atomic E-state index is 0.0367. The molecule has 0 aliphatic carbocycles. The molecule has 0 radical (unpaired) electrons. The summed E-state index contributed by atoms with van der Waals surface area (Å²) >= 11 is 0. The van der Waals surface area contributed by atoms with Gasteiger partial charge in [0, 0.05) is 32.1 Å². The molecule has 0 spiro atoms. The molecule has 112 valence electrons. The van der Waals surface area contributed by atoms with Crippen molar-refractivity contribution in [2.24, 2.45) is 0 Å². The number of nitrogens with zero attached hydrogens (tertiary/aromatic N) is 1. The lowest BCUT2D eigenvalue weighted by Gasteiger charge is -2.20. The highest BCUT2D eigenvalue weighted by Gasteiger charge is 2.11. The third-order valence-electron chi connectivity index (χ3n) is 3.60. The molecule has 1 amide bonds. The van der Waals surface area contributed by atoms with E-state index in [4.69, 9.17) is 0 Å². The minimum atomic E-state index is -0.185. The molecule has 0 bridgehead atoms. The molecule has 1 unspecified atom stereocenters. The fourth-order valence-corrected chi connectivity index (χ4v) is 2.13. The second kappa shape index (κ2) is 8.00. The first-order valence-corrected chi connectivity index (χ1v) is 7.26. The van der Waals surface area contributed by atoms with E-state index in [9.17, 15) is 9.18 Å². The van der Waals surface area contributed by atoms with Crippen LogP contribution in [0.1, 0.15) is 44.4 Å². The minimum Gasteiger partial charge on any atom is -0.343 e. The maximum Gasteiger partial charge on any atom is 0.223 e. The lowest BCUT2D eigenvalue weighted by Crippen LogP contribution is -2.33. The average Bonchev–Trinajstić information content (AvgIpc) is 2.43. The Bertz CT molecular complexity index is 444. The van der Waals surface area contributed by atoms with Crippen molar-refractivity contribution in [2.75, 3.05) is 19.6 Å². The van der Waals surface area contributed by atoms with Gasteiger partial charge in [-0.15, -0.1) is 0 Å². The Hall–Kier alpha value is -1.42. The molecule has 0 fully saturated rings. The molecule has 1 atom stereocenters. The van der Waals surface area contributed by atoms with E-state index in [1.165, 1.54) is 0 Å². The molecule has 1 N–H and O–H groups in total. The first kappa shape index (κ1) is 16.6. The quantitative estimate of drug-likeness (QED) is 0.832. The highest BCUT2D eigenvalue weighted by Crippen LogP contribution is 2.16. The molecule has 1 rings (SSSR count). The van der Waals surface area contributed by atoms with Crippen LogP contribution in [-0.4, -0.2) is 30.4 Å². The Morgan fingerprint density at radius 2 is 2.00 bits per heavy atom. The third kappa shape index (κ3) is 4.60. The Balaban J connectivity index is 2.45. The van der Waals surface area contributed by atoms with E-state index in [1.54, 1.807) is 19.1 Å². The van der Waals surface area contributed by atoms with Crippen molar-refractivity contribution in [3.8, 4) is 0 Å². The Morgan fingerprint density at radius 3 is 2.55 bits per heavy atom. The summed E-state index contributed by atoms with van der Waals surface area (Å²) < 4.78 is 13.5. The summed E-state index contributed by atoms with van der Waals surface area (Å²) in [6.07, 6.45) is 0.473. The van der Waals surface area contributed by atoms with Crippen LogP contribution in [-0.2, 0) is 4.79 Å². The zero-order valence-electron chi connectivity index (χ0n) is 12.9. The van der Waals surface area contributed by atoms with Crippen molar-refractivity contribution in [2.45, 2.75) is 40.2 Å². The fraction of sp³-hybridized carbons (Fsp3) is 0.562. The van der Waals surface area contributed by atoms with E-state index in [-0.39, 0.29) is 17.8 Å². The van der Waals surface area contributed by atoms with Gasteiger partial charge >= 0.3 is 0 Å². The van der Waals surface area contributed by atoms with Crippen LogP contribution in [0.4, 0.5) is 4.39 Å². The highest BCUT2D eigenvalue weighted by atomic mass is 19.1. The van der Waals surface area contributed by atoms with Gasteiger partial charge in [0.05, 0.1) is 0 Å². The fourth-order valence-electron chi connectivity index (χ4n) is 2.13. The van der Waals surface area contributed by atoms with Gasteiger partial charge < -0.3 is 10.2 Å². The molecule has 0 saturated carbocycles. The SMILES string of the molecule is CCN(CC)C(=O)CCNC(C)c1ccc(C)c(F)c1. The zero-order chi connectivity index (χ0) is 15.1. The number of carbonyl (C=O) groups excluding carboxylic acids is 1. The standard InChI is InChI=1S/C16H25FN2O/c1-5-19(6-2)16(20)9-10-18-13(4)14-8-7-12(3)15(17)11-14/h7-8,11,13,18H,5-6,9-10H2,1-4H3. The largest absolute Gasteiger partial charge is 0.343 e. The Morgan fingerprint density at radius 1 is 1.35 bits per heavy atom. The van der Waals surface area contributed by atoms with E-state index in [0.717, 1.165) is 18.7 Å². The summed E-state index contributed by atoms with van der Waals surface area (Å²) in [5.41, 5.74) is 1.56. The summed E-state index contributed by atoms with van der Waals surface area (Å²) in [5, 5.41) is 3.27. The smallest absolute Gasteiger partial charge is 0.223 e. The van der Waals surface area contributed by atoms with Gasteiger partial charge in [-0.2, -0.15) is 0 Å². The maximum absolute atomic E-state index is 13.5. The van der Waals surface area contributed by atoms with Crippen LogP contribution in [0.2, 0.25) is 0 Å². The molecule has 0 aliphatic heterocycles. The Kier molecular flexibility index (Phi) is 6.65. The van der Waals surface area contributed by atoms with E-state index in [2.05, 4.69) is 5.32 Å². The van der Waals surface area contributed by atoms with Gasteiger partial charge in [0.2, 0.25) is 5.91 Å². The number of benzene rings is 1. The molecule has 1 aromatic rings. The monoisotopic (exact) mass is 280 g/mol. The molecular formula is C16H25FN2O. The topological polar surface area (TPSA) is 32.3 Å². The van der Waals surface area contributed by atoms with Gasteiger partial charge in [0.25, 0.3) is 0 Å². The lowest BCUT2D eigenvalue weighted by molar-refractivity contribution is -0.130. The number of nitrogens with one attached hydrogen (secondary N) is 1. The summed E-state index contributed by atoms with van der Waals surface area (Å²) in [6.45, 7) is 9.78. The highest BCUT2D eigenvalue weighted by molar-refractivity contribution is 5.76. The zero-order valence-corrected chi connectivity index (χ0v) is 12.9. The Labute approximate surface area is 121 Å². The first-order chi connectivity index (χ1) is 9.49. The third-order valence-corrected chi connectivity index (χ3v) is 3.60. The van der Waals surface area contributed by atoms with Gasteiger partial charge in [-0.25, -0.2) is 4.39 Å². The summed E-state index contributed by atoms with van der Waals surface area (Å²) in [4.78, 5) is 13.7. The molecule has 0 aromatic heterocycles. The molecule has 3 nitrogen and oxygen atoms in total. The number of hydrogen-bond acceptors (Lipinski definition) is 2. The van der Waals surface area contributed by atoms with E-state index < -0.39 is 0 Å². The van der Waals surface area contributed by atoms with Gasteiger partial charge in [-0.1, -0.05) is 12.1 Å². The summed E-state index contributed by atoms with van der Waals surface area (Å²) in [6, 6.07) is 5.29. The van der Waals surface area contributed by atoms with Gasteiger partial charge in [0.15, 0.2) is 0 Å². The van der Waals surface area contributed by atoms with Crippen molar-refractivity contribution >= 4 is 5.91 Å². The maximum atomic E-state index is 13.5.